The van der Waals surface area contributed by atoms with Gasteiger partial charge in [0.2, 0.25) is 11.8 Å². The van der Waals surface area contributed by atoms with Crippen molar-refractivity contribution in [2.75, 3.05) is 0 Å². The SMILES string of the molecule is NC(=O)Cc1cccc(OS(=O)(=O)C2CC(=O)N2)c1. The summed E-state index contributed by atoms with van der Waals surface area (Å²) in [4.78, 5) is 21.5. The van der Waals surface area contributed by atoms with Crippen LogP contribution in [0.3, 0.4) is 0 Å². The zero-order valence-electron chi connectivity index (χ0n) is 9.83. The van der Waals surface area contributed by atoms with Crippen molar-refractivity contribution in [2.45, 2.75) is 18.2 Å². The molecule has 0 aliphatic carbocycles. The molecule has 1 aliphatic heterocycles. The fraction of sp³-hybridized carbons (Fsp3) is 0.273. The summed E-state index contributed by atoms with van der Waals surface area (Å²) in [7, 11) is -3.90. The number of hydrogen-bond donors (Lipinski definition) is 2. The normalized spacial score (nSPS) is 18.3. The third kappa shape index (κ3) is 3.22. The van der Waals surface area contributed by atoms with Gasteiger partial charge in [-0.1, -0.05) is 12.1 Å². The number of rotatable bonds is 5. The molecule has 8 heteroatoms. The van der Waals surface area contributed by atoms with Gasteiger partial charge in [-0.3, -0.25) is 9.59 Å². The van der Waals surface area contributed by atoms with Crippen molar-refractivity contribution < 1.29 is 22.2 Å². The van der Waals surface area contributed by atoms with E-state index in [1.807, 2.05) is 0 Å². The second-order valence-electron chi connectivity index (χ2n) is 4.13. The lowest BCUT2D eigenvalue weighted by molar-refractivity contribution is -0.126. The van der Waals surface area contributed by atoms with Crippen molar-refractivity contribution >= 4 is 21.9 Å². The molecular formula is C11H12N2O5S. The standard InChI is InChI=1S/C11H12N2O5S/c12-9(14)5-7-2-1-3-8(4-7)18-19(16,17)11-6-10(15)13-11/h1-4,11H,5-6H2,(H2,12,14)(H,13,15). The van der Waals surface area contributed by atoms with Gasteiger partial charge < -0.3 is 15.2 Å². The Bertz CT molecular complexity index is 618. The Hall–Kier alpha value is -2.09. The van der Waals surface area contributed by atoms with Crippen LogP contribution in [0.2, 0.25) is 0 Å². The minimum absolute atomic E-state index is 0.00257. The van der Waals surface area contributed by atoms with E-state index in [1.54, 1.807) is 12.1 Å². The largest absolute Gasteiger partial charge is 0.381 e. The highest BCUT2D eigenvalue weighted by molar-refractivity contribution is 7.87. The number of benzene rings is 1. The highest BCUT2D eigenvalue weighted by Gasteiger charge is 2.38. The van der Waals surface area contributed by atoms with Crippen molar-refractivity contribution in [3.05, 3.63) is 29.8 Å². The molecule has 1 aromatic carbocycles. The summed E-state index contributed by atoms with van der Waals surface area (Å²) < 4.78 is 28.3. The molecule has 1 aromatic rings. The first-order chi connectivity index (χ1) is 8.87. The van der Waals surface area contributed by atoms with E-state index in [9.17, 15) is 18.0 Å². The second kappa shape index (κ2) is 4.88. The van der Waals surface area contributed by atoms with Crippen LogP contribution in [-0.4, -0.2) is 25.6 Å². The van der Waals surface area contributed by atoms with E-state index in [2.05, 4.69) is 5.32 Å². The first kappa shape index (κ1) is 13.3. The molecule has 1 heterocycles. The van der Waals surface area contributed by atoms with E-state index < -0.39 is 21.4 Å². The average Bonchev–Trinajstić information content (AvgIpc) is 2.23. The van der Waals surface area contributed by atoms with Crippen molar-refractivity contribution in [1.29, 1.82) is 0 Å². The number of carbonyl (C=O) groups excluding carboxylic acids is 2. The Kier molecular flexibility index (Phi) is 3.43. The van der Waals surface area contributed by atoms with Crippen molar-refractivity contribution in [3.8, 4) is 5.75 Å². The van der Waals surface area contributed by atoms with E-state index in [0.717, 1.165) is 0 Å². The Morgan fingerprint density at radius 1 is 1.47 bits per heavy atom. The van der Waals surface area contributed by atoms with Crippen LogP contribution in [-0.2, 0) is 26.1 Å². The fourth-order valence-corrected chi connectivity index (χ4v) is 2.72. The van der Waals surface area contributed by atoms with E-state index in [0.29, 0.717) is 5.56 Å². The van der Waals surface area contributed by atoms with Gasteiger partial charge in [-0.2, -0.15) is 8.42 Å². The van der Waals surface area contributed by atoms with Gasteiger partial charge in [-0.25, -0.2) is 0 Å². The fourth-order valence-electron chi connectivity index (χ4n) is 1.60. The van der Waals surface area contributed by atoms with Gasteiger partial charge in [0, 0.05) is 0 Å². The number of nitrogens with two attached hydrogens (primary N) is 1. The van der Waals surface area contributed by atoms with Gasteiger partial charge in [-0.15, -0.1) is 0 Å². The molecule has 1 fully saturated rings. The van der Waals surface area contributed by atoms with Gasteiger partial charge in [0.1, 0.15) is 5.75 Å². The lowest BCUT2D eigenvalue weighted by Gasteiger charge is -2.25. The quantitative estimate of drug-likeness (QED) is 0.546. The van der Waals surface area contributed by atoms with Crippen LogP contribution in [0, 0.1) is 0 Å². The molecule has 0 saturated carbocycles. The third-order valence-electron chi connectivity index (χ3n) is 2.53. The highest BCUT2D eigenvalue weighted by atomic mass is 32.2. The third-order valence-corrected chi connectivity index (χ3v) is 3.94. The maximum absolute atomic E-state index is 11.7. The number of primary amides is 1. The number of carbonyl (C=O) groups is 2. The summed E-state index contributed by atoms with van der Waals surface area (Å²) in [6.07, 6.45) is -0.110. The maximum Gasteiger partial charge on any atom is 0.331 e. The molecular weight excluding hydrogens is 272 g/mol. The monoisotopic (exact) mass is 284 g/mol. The Morgan fingerprint density at radius 2 is 2.16 bits per heavy atom. The van der Waals surface area contributed by atoms with Crippen LogP contribution in [0.4, 0.5) is 0 Å². The van der Waals surface area contributed by atoms with Gasteiger partial charge in [-0.05, 0) is 17.7 Å². The number of nitrogens with one attached hydrogen (secondary N) is 1. The zero-order chi connectivity index (χ0) is 14.0. The molecule has 0 aromatic heterocycles. The molecule has 102 valence electrons. The predicted octanol–water partition coefficient (Wildman–Crippen LogP) is -0.731. The minimum Gasteiger partial charge on any atom is -0.381 e. The van der Waals surface area contributed by atoms with E-state index in [1.165, 1.54) is 12.1 Å². The predicted molar refractivity (Wildman–Crippen MR) is 65.4 cm³/mol. The molecule has 0 spiro atoms. The summed E-state index contributed by atoms with van der Waals surface area (Å²) in [5, 5.41) is 1.21. The maximum atomic E-state index is 11.7. The van der Waals surface area contributed by atoms with Crippen LogP contribution < -0.4 is 15.2 Å². The van der Waals surface area contributed by atoms with Crippen LogP contribution in [0.5, 0.6) is 5.75 Å². The zero-order valence-corrected chi connectivity index (χ0v) is 10.6. The van der Waals surface area contributed by atoms with E-state index in [4.69, 9.17) is 9.92 Å². The summed E-state index contributed by atoms with van der Waals surface area (Å²) >= 11 is 0. The molecule has 1 atom stereocenters. The molecule has 0 radical (unpaired) electrons. The summed E-state index contributed by atoms with van der Waals surface area (Å²) in [5.41, 5.74) is 5.60. The van der Waals surface area contributed by atoms with Crippen LogP contribution in [0.15, 0.2) is 24.3 Å². The van der Waals surface area contributed by atoms with Crippen LogP contribution in [0.25, 0.3) is 0 Å². The summed E-state index contributed by atoms with van der Waals surface area (Å²) in [5.74, 6) is -0.772. The van der Waals surface area contributed by atoms with E-state index >= 15 is 0 Å². The molecule has 19 heavy (non-hydrogen) atoms. The minimum atomic E-state index is -3.90. The molecule has 2 amide bonds. The van der Waals surface area contributed by atoms with Gasteiger partial charge >= 0.3 is 10.1 Å². The lowest BCUT2D eigenvalue weighted by Crippen LogP contribution is -2.54. The van der Waals surface area contributed by atoms with E-state index in [-0.39, 0.29) is 24.5 Å². The Balaban J connectivity index is 2.10. The van der Waals surface area contributed by atoms with Crippen molar-refractivity contribution in [3.63, 3.8) is 0 Å². The molecule has 0 bridgehead atoms. The molecule has 1 unspecified atom stereocenters. The smallest absolute Gasteiger partial charge is 0.331 e. The first-order valence-corrected chi connectivity index (χ1v) is 6.94. The average molecular weight is 284 g/mol. The summed E-state index contributed by atoms with van der Waals surface area (Å²) in [6, 6.07) is 6.06. The molecule has 1 saturated heterocycles. The van der Waals surface area contributed by atoms with Crippen molar-refractivity contribution in [2.24, 2.45) is 5.73 Å². The molecule has 3 N–H and O–H groups in total. The second-order valence-corrected chi connectivity index (χ2v) is 5.85. The summed E-state index contributed by atoms with van der Waals surface area (Å²) in [6.45, 7) is 0. The first-order valence-electron chi connectivity index (χ1n) is 5.47. The van der Waals surface area contributed by atoms with Crippen LogP contribution in [0.1, 0.15) is 12.0 Å². The van der Waals surface area contributed by atoms with Gasteiger partial charge in [0.25, 0.3) is 0 Å². The number of β-lactam (4-membered cyclic amide) rings is 1. The number of hydrogen-bond acceptors (Lipinski definition) is 5. The van der Waals surface area contributed by atoms with Crippen molar-refractivity contribution in [1.82, 2.24) is 5.32 Å². The van der Waals surface area contributed by atoms with Crippen LogP contribution >= 0.6 is 0 Å². The molecule has 1 aliphatic rings. The van der Waals surface area contributed by atoms with Gasteiger partial charge in [0.05, 0.1) is 12.8 Å². The number of amides is 2. The van der Waals surface area contributed by atoms with Gasteiger partial charge in [0.15, 0.2) is 5.37 Å². The topological polar surface area (TPSA) is 116 Å². The lowest BCUT2D eigenvalue weighted by atomic mass is 10.1. The Morgan fingerprint density at radius 3 is 2.74 bits per heavy atom. The highest BCUT2D eigenvalue weighted by Crippen LogP contribution is 2.20. The Labute approximate surface area is 109 Å². The molecule has 7 nitrogen and oxygen atoms in total. The molecule has 2 rings (SSSR count).